The lowest BCUT2D eigenvalue weighted by Gasteiger charge is -2.33. The van der Waals surface area contributed by atoms with E-state index < -0.39 is 0 Å². The number of aliphatic imine (C=N–C) groups is 1. The van der Waals surface area contributed by atoms with Crippen LogP contribution in [0.2, 0.25) is 0 Å². The Morgan fingerprint density at radius 1 is 1.14 bits per heavy atom. The minimum atomic E-state index is 0. The quantitative estimate of drug-likeness (QED) is 0.337. The third-order valence-corrected chi connectivity index (χ3v) is 4.88. The van der Waals surface area contributed by atoms with E-state index in [-0.39, 0.29) is 30.0 Å². The Kier molecular flexibility index (Phi) is 9.75. The van der Waals surface area contributed by atoms with Gasteiger partial charge >= 0.3 is 0 Å². The summed E-state index contributed by atoms with van der Waals surface area (Å²) < 4.78 is 16.6. The molecule has 2 heterocycles. The zero-order chi connectivity index (χ0) is 19.8. The molecule has 1 aliphatic heterocycles. The van der Waals surface area contributed by atoms with E-state index in [2.05, 4.69) is 26.6 Å². The summed E-state index contributed by atoms with van der Waals surface area (Å²) in [5.74, 6) is 3.51. The molecule has 1 saturated heterocycles. The van der Waals surface area contributed by atoms with Gasteiger partial charge in [-0.2, -0.15) is 0 Å². The van der Waals surface area contributed by atoms with Gasteiger partial charge in [-0.15, -0.1) is 24.0 Å². The third-order valence-electron chi connectivity index (χ3n) is 4.88. The highest BCUT2D eigenvalue weighted by Crippen LogP contribution is 2.23. The van der Waals surface area contributed by atoms with Crippen LogP contribution < -0.4 is 15.4 Å². The predicted molar refractivity (Wildman–Crippen MR) is 125 cm³/mol. The van der Waals surface area contributed by atoms with Crippen LogP contribution in [0.4, 0.5) is 0 Å². The molecule has 0 radical (unpaired) electrons. The molecular formula is C21H31IN4O3. The number of hydrogen-bond acceptors (Lipinski definition) is 5. The Labute approximate surface area is 189 Å². The first kappa shape index (κ1) is 23.5. The highest BCUT2D eigenvalue weighted by Gasteiger charge is 2.25. The molecule has 3 rings (SSSR count). The molecular weight excluding hydrogens is 483 g/mol. The zero-order valence-corrected chi connectivity index (χ0v) is 19.6. The van der Waals surface area contributed by atoms with Crippen molar-refractivity contribution in [3.8, 4) is 5.75 Å². The average molecular weight is 514 g/mol. The Bertz CT molecular complexity index is 758. The number of halogens is 1. The summed E-state index contributed by atoms with van der Waals surface area (Å²) in [6.07, 6.45) is 0. The molecule has 29 heavy (non-hydrogen) atoms. The molecule has 160 valence electrons. The summed E-state index contributed by atoms with van der Waals surface area (Å²) in [5, 5.41) is 6.80. The normalized spacial score (nSPS) is 16.0. The number of methoxy groups -OCH3 is 1. The predicted octanol–water partition coefficient (Wildman–Crippen LogP) is 2.95. The Morgan fingerprint density at radius 2 is 1.86 bits per heavy atom. The van der Waals surface area contributed by atoms with Crippen molar-refractivity contribution in [3.63, 3.8) is 0 Å². The van der Waals surface area contributed by atoms with Gasteiger partial charge in [-0.25, -0.2) is 0 Å². The third kappa shape index (κ3) is 6.90. The van der Waals surface area contributed by atoms with Crippen LogP contribution in [0, 0.1) is 6.92 Å². The molecule has 8 heteroatoms. The maximum Gasteiger partial charge on any atom is 0.191 e. The van der Waals surface area contributed by atoms with E-state index in [4.69, 9.17) is 13.9 Å². The van der Waals surface area contributed by atoms with Crippen molar-refractivity contribution in [3.05, 3.63) is 53.5 Å². The van der Waals surface area contributed by atoms with Crippen molar-refractivity contribution in [1.29, 1.82) is 0 Å². The van der Waals surface area contributed by atoms with Crippen molar-refractivity contribution >= 4 is 29.9 Å². The molecule has 0 saturated carbocycles. The summed E-state index contributed by atoms with van der Waals surface area (Å²) >= 11 is 0. The lowest BCUT2D eigenvalue weighted by molar-refractivity contribution is 0.0124. The molecule has 0 aliphatic carbocycles. The van der Waals surface area contributed by atoms with E-state index in [1.54, 1.807) is 14.2 Å². The average Bonchev–Trinajstić information content (AvgIpc) is 3.17. The highest BCUT2D eigenvalue weighted by molar-refractivity contribution is 14.0. The molecule has 1 atom stereocenters. The molecule has 1 unspecified atom stereocenters. The number of ether oxygens (including phenoxy) is 2. The van der Waals surface area contributed by atoms with Crippen LogP contribution in [0.3, 0.4) is 0 Å². The molecule has 1 fully saturated rings. The van der Waals surface area contributed by atoms with E-state index in [1.165, 1.54) is 0 Å². The Balaban J connectivity index is 0.00000300. The minimum absolute atomic E-state index is 0. The van der Waals surface area contributed by atoms with E-state index in [0.29, 0.717) is 13.1 Å². The van der Waals surface area contributed by atoms with E-state index >= 15 is 0 Å². The fourth-order valence-electron chi connectivity index (χ4n) is 3.27. The second-order valence-electron chi connectivity index (χ2n) is 6.77. The molecule has 1 aliphatic rings. The number of guanidine groups is 1. The first-order valence-electron chi connectivity index (χ1n) is 9.65. The van der Waals surface area contributed by atoms with Crippen molar-refractivity contribution in [1.82, 2.24) is 15.5 Å². The summed E-state index contributed by atoms with van der Waals surface area (Å²) in [6.45, 7) is 6.65. The van der Waals surface area contributed by atoms with Gasteiger partial charge in [-0.05, 0) is 36.8 Å². The van der Waals surface area contributed by atoms with Gasteiger partial charge in [0.2, 0.25) is 0 Å². The zero-order valence-electron chi connectivity index (χ0n) is 17.3. The molecule has 0 bridgehead atoms. The first-order chi connectivity index (χ1) is 13.7. The number of nitrogens with one attached hydrogen (secondary N) is 2. The van der Waals surface area contributed by atoms with Gasteiger partial charge in [0.25, 0.3) is 0 Å². The number of rotatable bonds is 7. The fraction of sp³-hybridized carbons (Fsp3) is 0.476. The van der Waals surface area contributed by atoms with Gasteiger partial charge in [0, 0.05) is 33.2 Å². The molecule has 1 aromatic carbocycles. The van der Waals surface area contributed by atoms with Crippen LogP contribution >= 0.6 is 24.0 Å². The molecule has 2 aromatic rings. The number of aryl methyl sites for hydroxylation is 1. The number of furan rings is 1. The maximum atomic E-state index is 5.92. The van der Waals surface area contributed by atoms with Crippen molar-refractivity contribution in [2.24, 2.45) is 4.99 Å². The van der Waals surface area contributed by atoms with Crippen LogP contribution in [0.25, 0.3) is 0 Å². The first-order valence-corrected chi connectivity index (χ1v) is 9.65. The molecule has 0 spiro atoms. The van der Waals surface area contributed by atoms with E-state index in [0.717, 1.165) is 55.1 Å². The standard InChI is InChI=1S/C21H30N4O3.HI/c1-16-4-9-20(28-16)19(25-10-12-27-13-11-25)15-24-21(22-2)23-14-17-5-7-18(26-3)8-6-17;/h4-9,19H,10-15H2,1-3H3,(H2,22,23,24);1H. The molecule has 1 aromatic heterocycles. The van der Waals surface area contributed by atoms with Gasteiger partial charge in [-0.3, -0.25) is 9.89 Å². The summed E-state index contributed by atoms with van der Waals surface area (Å²) in [5.41, 5.74) is 1.16. The van der Waals surface area contributed by atoms with E-state index in [9.17, 15) is 0 Å². The Hall–Kier alpha value is -1.78. The van der Waals surface area contributed by atoms with Gasteiger partial charge < -0.3 is 24.5 Å². The van der Waals surface area contributed by atoms with Gasteiger partial charge in [0.15, 0.2) is 5.96 Å². The van der Waals surface area contributed by atoms with Gasteiger partial charge in [0.1, 0.15) is 17.3 Å². The second kappa shape index (κ2) is 12.0. The van der Waals surface area contributed by atoms with Crippen LogP contribution in [0.1, 0.15) is 23.1 Å². The van der Waals surface area contributed by atoms with Crippen LogP contribution in [-0.4, -0.2) is 57.9 Å². The smallest absolute Gasteiger partial charge is 0.191 e. The summed E-state index contributed by atoms with van der Waals surface area (Å²) in [7, 11) is 3.45. The van der Waals surface area contributed by atoms with Crippen molar-refractivity contribution in [2.75, 3.05) is 47.0 Å². The lowest BCUT2D eigenvalue weighted by Crippen LogP contribution is -2.46. The van der Waals surface area contributed by atoms with Crippen LogP contribution in [-0.2, 0) is 11.3 Å². The van der Waals surface area contributed by atoms with Crippen molar-refractivity contribution in [2.45, 2.75) is 19.5 Å². The summed E-state index contributed by atoms with van der Waals surface area (Å²) in [4.78, 5) is 6.74. The second-order valence-corrected chi connectivity index (χ2v) is 6.77. The number of hydrogen-bond donors (Lipinski definition) is 2. The molecule has 0 amide bonds. The summed E-state index contributed by atoms with van der Waals surface area (Å²) in [6, 6.07) is 12.2. The van der Waals surface area contributed by atoms with Crippen LogP contribution in [0.5, 0.6) is 5.75 Å². The fourth-order valence-corrected chi connectivity index (χ4v) is 3.27. The SMILES string of the molecule is CN=C(NCc1ccc(OC)cc1)NCC(c1ccc(C)o1)N1CCOCC1.I. The number of morpholine rings is 1. The minimum Gasteiger partial charge on any atom is -0.497 e. The van der Waals surface area contributed by atoms with Gasteiger partial charge in [0.05, 0.1) is 26.4 Å². The van der Waals surface area contributed by atoms with Gasteiger partial charge in [-0.1, -0.05) is 12.1 Å². The number of nitrogens with zero attached hydrogens (tertiary/aromatic N) is 2. The molecule has 7 nitrogen and oxygen atoms in total. The largest absolute Gasteiger partial charge is 0.497 e. The monoisotopic (exact) mass is 514 g/mol. The number of benzene rings is 1. The van der Waals surface area contributed by atoms with Crippen LogP contribution in [0.15, 0.2) is 45.8 Å². The molecule has 2 N–H and O–H groups in total. The highest BCUT2D eigenvalue weighted by atomic mass is 127. The van der Waals surface area contributed by atoms with E-state index in [1.807, 2.05) is 37.3 Å². The Morgan fingerprint density at radius 3 is 2.45 bits per heavy atom. The maximum absolute atomic E-state index is 5.92. The lowest BCUT2D eigenvalue weighted by atomic mass is 10.1. The van der Waals surface area contributed by atoms with Crippen molar-refractivity contribution < 1.29 is 13.9 Å². The topological polar surface area (TPSA) is 71.3 Å².